The topological polar surface area (TPSA) is 36.9 Å². The van der Waals surface area contributed by atoms with Crippen LogP contribution in [0.15, 0.2) is 0 Å². The Kier molecular flexibility index (Phi) is 13.7. The summed E-state index contributed by atoms with van der Waals surface area (Å²) in [5.74, 6) is 0. The largest absolute Gasteiger partial charge is 0.350 e. The first kappa shape index (κ1) is 23.3. The fraction of sp³-hybridized carbons (Fsp3) is 1.00. The molecule has 0 aliphatic heterocycles. The van der Waals surface area contributed by atoms with E-state index in [1.54, 1.807) is 0 Å². The molecule has 0 spiro atoms. The lowest BCUT2D eigenvalue weighted by molar-refractivity contribution is -0.169. The van der Waals surface area contributed by atoms with Crippen LogP contribution in [0.2, 0.25) is 17.8 Å². The van der Waals surface area contributed by atoms with Crippen molar-refractivity contribution in [3.63, 3.8) is 0 Å². The SMILES string of the molecule is CC(C)OC(C[Si]C[Si]CC(OC(C)C)OC(C)C)OC(C)C. The van der Waals surface area contributed by atoms with Gasteiger partial charge >= 0.3 is 0 Å². The highest BCUT2D eigenvalue weighted by molar-refractivity contribution is 6.55. The van der Waals surface area contributed by atoms with Crippen LogP contribution in [0.3, 0.4) is 0 Å². The van der Waals surface area contributed by atoms with Gasteiger partial charge in [-0.25, -0.2) is 0 Å². The molecular weight excluding hydrogens is 324 g/mol. The van der Waals surface area contributed by atoms with E-state index < -0.39 is 0 Å². The van der Waals surface area contributed by atoms with Crippen molar-refractivity contribution in [2.75, 3.05) is 0 Å². The van der Waals surface area contributed by atoms with E-state index in [9.17, 15) is 0 Å². The minimum absolute atomic E-state index is 0.0761. The van der Waals surface area contributed by atoms with E-state index in [2.05, 4.69) is 55.4 Å². The van der Waals surface area contributed by atoms with Gasteiger partial charge in [0.15, 0.2) is 12.6 Å². The molecule has 0 aromatic heterocycles. The van der Waals surface area contributed by atoms with E-state index in [4.69, 9.17) is 18.9 Å². The molecule has 136 valence electrons. The van der Waals surface area contributed by atoms with Crippen molar-refractivity contribution in [1.82, 2.24) is 0 Å². The minimum atomic E-state index is -0.0761. The lowest BCUT2D eigenvalue weighted by Crippen LogP contribution is -2.27. The van der Waals surface area contributed by atoms with Crippen LogP contribution in [0, 0.1) is 0 Å². The summed E-state index contributed by atoms with van der Waals surface area (Å²) in [6, 6.07) is 1.95. The molecule has 0 atom stereocenters. The molecular formula is C17H36O4Si2. The molecule has 4 nitrogen and oxygen atoms in total. The quantitative estimate of drug-likeness (QED) is 0.267. The Morgan fingerprint density at radius 2 is 0.783 bits per heavy atom. The van der Waals surface area contributed by atoms with E-state index in [1.807, 2.05) is 0 Å². The average Bonchev–Trinajstić information content (AvgIpc) is 2.34. The maximum absolute atomic E-state index is 5.83. The summed E-state index contributed by atoms with van der Waals surface area (Å²) in [5.41, 5.74) is 1.19. The van der Waals surface area contributed by atoms with Gasteiger partial charge in [0.2, 0.25) is 0 Å². The van der Waals surface area contributed by atoms with Gasteiger partial charge in [-0.1, -0.05) is 5.67 Å². The molecule has 0 saturated heterocycles. The second-order valence-corrected chi connectivity index (χ2v) is 9.91. The van der Waals surface area contributed by atoms with Gasteiger partial charge in [0.05, 0.1) is 24.4 Å². The Labute approximate surface area is 148 Å². The maximum Gasteiger partial charge on any atom is 0.155 e. The Bertz CT molecular complexity index is 227. The highest BCUT2D eigenvalue weighted by Gasteiger charge is 2.16. The molecule has 23 heavy (non-hydrogen) atoms. The maximum atomic E-state index is 5.83. The Hall–Kier alpha value is 0.274. The Balaban J connectivity index is 4.00. The minimum Gasteiger partial charge on any atom is -0.350 e. The van der Waals surface area contributed by atoms with Crippen LogP contribution in [0.4, 0.5) is 0 Å². The van der Waals surface area contributed by atoms with Gasteiger partial charge < -0.3 is 18.9 Å². The first-order valence-electron chi connectivity index (χ1n) is 8.74. The summed E-state index contributed by atoms with van der Waals surface area (Å²) in [4.78, 5) is 0. The zero-order valence-electron chi connectivity index (χ0n) is 16.2. The molecule has 0 fully saturated rings. The lowest BCUT2D eigenvalue weighted by atomic mass is 10.4. The first-order valence-corrected chi connectivity index (χ1v) is 11.6. The third-order valence-corrected chi connectivity index (χ3v) is 5.81. The van der Waals surface area contributed by atoms with Gasteiger partial charge in [-0.05, 0) is 67.5 Å². The molecule has 6 heteroatoms. The van der Waals surface area contributed by atoms with Crippen LogP contribution in [0.5, 0.6) is 0 Å². The van der Waals surface area contributed by atoms with Crippen LogP contribution >= 0.6 is 0 Å². The molecule has 0 aromatic rings. The van der Waals surface area contributed by atoms with Crippen molar-refractivity contribution in [2.24, 2.45) is 0 Å². The standard InChI is InChI=1S/C17H36O4Si2/c1-12(2)18-16(19-13(3)4)9-22-11-23-10-17(20-14(5)6)21-15(7)8/h12-17H,9-11H2,1-8H3. The van der Waals surface area contributed by atoms with Crippen molar-refractivity contribution in [3.8, 4) is 0 Å². The van der Waals surface area contributed by atoms with E-state index >= 15 is 0 Å². The van der Waals surface area contributed by atoms with Crippen LogP contribution < -0.4 is 0 Å². The third kappa shape index (κ3) is 15.5. The summed E-state index contributed by atoms with van der Waals surface area (Å²) >= 11 is 0. The van der Waals surface area contributed by atoms with Crippen LogP contribution in [-0.2, 0) is 18.9 Å². The van der Waals surface area contributed by atoms with Gasteiger partial charge in [-0.2, -0.15) is 0 Å². The van der Waals surface area contributed by atoms with Crippen molar-refractivity contribution in [2.45, 2.75) is 110 Å². The zero-order chi connectivity index (χ0) is 17.8. The van der Waals surface area contributed by atoms with Crippen molar-refractivity contribution >= 4 is 19.0 Å². The van der Waals surface area contributed by atoms with Crippen LogP contribution in [0.25, 0.3) is 0 Å². The second-order valence-electron chi connectivity index (χ2n) is 6.68. The summed E-state index contributed by atoms with van der Waals surface area (Å²) in [6.07, 6.45) is 0.660. The molecule has 0 aliphatic carbocycles. The van der Waals surface area contributed by atoms with Crippen LogP contribution in [0.1, 0.15) is 55.4 Å². The molecule has 4 radical (unpaired) electrons. The van der Waals surface area contributed by atoms with E-state index in [-0.39, 0.29) is 37.0 Å². The molecule has 0 heterocycles. The van der Waals surface area contributed by atoms with E-state index in [0.717, 1.165) is 31.1 Å². The highest BCUT2D eigenvalue weighted by atomic mass is 28.3. The first-order chi connectivity index (χ1) is 10.7. The van der Waals surface area contributed by atoms with Gasteiger partial charge in [-0.3, -0.25) is 0 Å². The van der Waals surface area contributed by atoms with Gasteiger partial charge in [0.1, 0.15) is 0 Å². The highest BCUT2D eigenvalue weighted by Crippen LogP contribution is 2.11. The number of hydrogen-bond acceptors (Lipinski definition) is 4. The second kappa shape index (κ2) is 13.6. The van der Waals surface area contributed by atoms with Gasteiger partial charge in [-0.15, -0.1) is 0 Å². The van der Waals surface area contributed by atoms with Crippen molar-refractivity contribution in [1.29, 1.82) is 0 Å². The zero-order valence-corrected chi connectivity index (χ0v) is 18.2. The summed E-state index contributed by atoms with van der Waals surface area (Å²) in [6.45, 7) is 16.4. The van der Waals surface area contributed by atoms with Gasteiger partial charge in [0, 0.05) is 19.0 Å². The average molecular weight is 361 g/mol. The predicted molar refractivity (Wildman–Crippen MR) is 98.4 cm³/mol. The van der Waals surface area contributed by atoms with E-state index in [0.29, 0.717) is 0 Å². The summed E-state index contributed by atoms with van der Waals surface area (Å²) in [7, 11) is 1.71. The smallest absolute Gasteiger partial charge is 0.155 e. The number of rotatable bonds is 14. The molecule has 0 bridgehead atoms. The monoisotopic (exact) mass is 360 g/mol. The lowest BCUT2D eigenvalue weighted by Gasteiger charge is -2.24. The fourth-order valence-corrected chi connectivity index (χ4v) is 4.66. The molecule has 0 amide bonds. The van der Waals surface area contributed by atoms with Crippen LogP contribution in [-0.4, -0.2) is 56.0 Å². The molecule has 0 unspecified atom stereocenters. The fourth-order valence-electron chi connectivity index (χ4n) is 1.94. The summed E-state index contributed by atoms with van der Waals surface area (Å²) < 4.78 is 23.3. The molecule has 0 aliphatic rings. The van der Waals surface area contributed by atoms with Crippen molar-refractivity contribution < 1.29 is 18.9 Å². The molecule has 0 aromatic carbocycles. The Morgan fingerprint density at radius 1 is 0.522 bits per heavy atom. The van der Waals surface area contributed by atoms with Crippen molar-refractivity contribution in [3.05, 3.63) is 0 Å². The number of hydrogen-bond donors (Lipinski definition) is 0. The number of ether oxygens (including phenoxy) is 4. The Morgan fingerprint density at radius 3 is 1.00 bits per heavy atom. The summed E-state index contributed by atoms with van der Waals surface area (Å²) in [5, 5.41) is 0. The molecule has 0 N–H and O–H groups in total. The predicted octanol–water partition coefficient (Wildman–Crippen LogP) is 3.96. The van der Waals surface area contributed by atoms with Gasteiger partial charge in [0.25, 0.3) is 0 Å². The van der Waals surface area contributed by atoms with E-state index in [1.165, 1.54) is 5.67 Å². The molecule has 0 saturated carbocycles. The normalized spacial score (nSPS) is 12.8. The molecule has 0 rings (SSSR count). The third-order valence-electron chi connectivity index (χ3n) is 2.57.